The van der Waals surface area contributed by atoms with Gasteiger partial charge in [-0.1, -0.05) is 43.3 Å². The van der Waals surface area contributed by atoms with Crippen LogP contribution in [0.15, 0.2) is 84.9 Å². The average molecular weight is 578 g/mol. The lowest BCUT2D eigenvalue weighted by Crippen LogP contribution is -2.35. The highest BCUT2D eigenvalue weighted by molar-refractivity contribution is 6.01. The number of carboxylic acid groups (broad SMARTS) is 2. The Bertz CT molecular complexity index is 1770. The molecule has 4 aromatic carbocycles. The first-order valence-corrected chi connectivity index (χ1v) is 13.6. The number of amides is 1. The molecule has 1 amide bonds. The van der Waals surface area contributed by atoms with Gasteiger partial charge >= 0.3 is 11.9 Å². The SMILES string of the molecule is CC1(c2ccccc2)CC(c2cc(NCC(=O)O)cc(-c3ccc(C(N)=O)cc3C(=O)O)c2)Nc2ccc(C(=N)N)cc21. The third-order valence-corrected chi connectivity index (χ3v) is 7.93. The van der Waals surface area contributed by atoms with Crippen LogP contribution in [0.4, 0.5) is 11.4 Å². The summed E-state index contributed by atoms with van der Waals surface area (Å²) < 4.78 is 0. The number of aliphatic carboxylic acids is 1. The van der Waals surface area contributed by atoms with Gasteiger partial charge in [0, 0.05) is 27.9 Å². The first kappa shape index (κ1) is 28.9. The Morgan fingerprint density at radius 3 is 2.33 bits per heavy atom. The molecular formula is C33H31N5O5. The molecule has 0 bridgehead atoms. The van der Waals surface area contributed by atoms with Crippen molar-refractivity contribution in [1.29, 1.82) is 5.41 Å². The molecule has 0 saturated heterocycles. The molecule has 0 saturated carbocycles. The number of carboxylic acids is 2. The van der Waals surface area contributed by atoms with Gasteiger partial charge in [-0.25, -0.2) is 4.79 Å². The quantitative estimate of drug-likeness (QED) is 0.109. The fourth-order valence-corrected chi connectivity index (χ4v) is 5.75. The largest absolute Gasteiger partial charge is 0.480 e. The number of nitrogens with one attached hydrogen (secondary N) is 3. The van der Waals surface area contributed by atoms with E-state index in [1.54, 1.807) is 12.1 Å². The smallest absolute Gasteiger partial charge is 0.336 e. The van der Waals surface area contributed by atoms with Crippen molar-refractivity contribution >= 4 is 35.1 Å². The van der Waals surface area contributed by atoms with Crippen molar-refractivity contribution in [2.75, 3.05) is 17.2 Å². The molecule has 218 valence electrons. The van der Waals surface area contributed by atoms with Crippen LogP contribution in [0.1, 0.15) is 62.4 Å². The average Bonchev–Trinajstić information content (AvgIpc) is 2.99. The number of aromatic carboxylic acids is 1. The van der Waals surface area contributed by atoms with Gasteiger partial charge in [0.25, 0.3) is 0 Å². The van der Waals surface area contributed by atoms with Gasteiger partial charge in [-0.2, -0.15) is 0 Å². The van der Waals surface area contributed by atoms with E-state index < -0.39 is 23.3 Å². The lowest BCUT2D eigenvalue weighted by atomic mass is 9.68. The Morgan fingerprint density at radius 1 is 0.953 bits per heavy atom. The Hall–Kier alpha value is -5.64. The fraction of sp³-hybridized carbons (Fsp3) is 0.152. The van der Waals surface area contributed by atoms with E-state index >= 15 is 0 Å². The summed E-state index contributed by atoms with van der Waals surface area (Å²) in [5.74, 6) is -3.05. The van der Waals surface area contributed by atoms with Crippen molar-refractivity contribution in [3.05, 3.63) is 118 Å². The van der Waals surface area contributed by atoms with Crippen LogP contribution in [0.5, 0.6) is 0 Å². The Kier molecular flexibility index (Phi) is 7.60. The molecule has 0 radical (unpaired) electrons. The molecule has 1 aliphatic heterocycles. The van der Waals surface area contributed by atoms with Crippen LogP contribution in [-0.2, 0) is 10.2 Å². The number of benzene rings is 4. The number of primary amides is 1. The maximum Gasteiger partial charge on any atom is 0.336 e. The predicted octanol–water partition coefficient (Wildman–Crippen LogP) is 4.79. The monoisotopic (exact) mass is 577 g/mol. The zero-order chi connectivity index (χ0) is 30.9. The van der Waals surface area contributed by atoms with E-state index in [0.717, 1.165) is 22.4 Å². The van der Waals surface area contributed by atoms with E-state index in [1.807, 2.05) is 42.5 Å². The molecule has 0 aliphatic carbocycles. The van der Waals surface area contributed by atoms with Gasteiger partial charge in [-0.3, -0.25) is 15.0 Å². The minimum Gasteiger partial charge on any atom is -0.480 e. The van der Waals surface area contributed by atoms with Crippen LogP contribution < -0.4 is 22.1 Å². The Balaban J connectivity index is 1.67. The summed E-state index contributed by atoms with van der Waals surface area (Å²) >= 11 is 0. The number of carbonyl (C=O) groups excluding carboxylic acids is 1. The highest BCUT2D eigenvalue weighted by atomic mass is 16.4. The molecule has 43 heavy (non-hydrogen) atoms. The number of anilines is 2. The first-order chi connectivity index (χ1) is 20.5. The molecule has 10 nitrogen and oxygen atoms in total. The van der Waals surface area contributed by atoms with Gasteiger partial charge in [-0.05, 0) is 82.8 Å². The van der Waals surface area contributed by atoms with Gasteiger partial charge in [0.2, 0.25) is 5.91 Å². The lowest BCUT2D eigenvalue weighted by molar-refractivity contribution is -0.134. The highest BCUT2D eigenvalue weighted by Gasteiger charge is 2.39. The van der Waals surface area contributed by atoms with Crippen LogP contribution >= 0.6 is 0 Å². The molecule has 5 rings (SSSR count). The zero-order valence-corrected chi connectivity index (χ0v) is 23.3. The topological polar surface area (TPSA) is 192 Å². The van der Waals surface area contributed by atoms with Crippen molar-refractivity contribution in [3.63, 3.8) is 0 Å². The normalized spacial score (nSPS) is 17.3. The highest BCUT2D eigenvalue weighted by Crippen LogP contribution is 2.49. The summed E-state index contributed by atoms with van der Waals surface area (Å²) in [4.78, 5) is 35.4. The third-order valence-electron chi connectivity index (χ3n) is 7.93. The van der Waals surface area contributed by atoms with Crippen LogP contribution in [0.2, 0.25) is 0 Å². The minimum absolute atomic E-state index is 0.0289. The van der Waals surface area contributed by atoms with E-state index in [0.29, 0.717) is 28.8 Å². The number of hydrogen-bond donors (Lipinski definition) is 7. The van der Waals surface area contributed by atoms with E-state index in [9.17, 15) is 24.6 Å². The van der Waals surface area contributed by atoms with Gasteiger partial charge in [0.05, 0.1) is 11.6 Å². The van der Waals surface area contributed by atoms with Crippen LogP contribution in [-0.4, -0.2) is 40.4 Å². The zero-order valence-electron chi connectivity index (χ0n) is 23.3. The van der Waals surface area contributed by atoms with Crippen molar-refractivity contribution in [3.8, 4) is 11.1 Å². The van der Waals surface area contributed by atoms with Crippen molar-refractivity contribution in [2.45, 2.75) is 24.8 Å². The van der Waals surface area contributed by atoms with Crippen LogP contribution in [0, 0.1) is 5.41 Å². The molecule has 0 fully saturated rings. The van der Waals surface area contributed by atoms with E-state index in [4.69, 9.17) is 16.9 Å². The van der Waals surface area contributed by atoms with E-state index in [1.165, 1.54) is 18.2 Å². The van der Waals surface area contributed by atoms with E-state index in [2.05, 4.69) is 29.7 Å². The molecular weight excluding hydrogens is 546 g/mol. The van der Waals surface area contributed by atoms with Crippen molar-refractivity contribution < 1.29 is 24.6 Å². The number of amidine groups is 1. The Labute approximate surface area is 247 Å². The molecule has 9 N–H and O–H groups in total. The van der Waals surface area contributed by atoms with Crippen LogP contribution in [0.3, 0.4) is 0 Å². The third kappa shape index (κ3) is 5.76. The number of hydrogen-bond acceptors (Lipinski definition) is 6. The molecule has 10 heteroatoms. The summed E-state index contributed by atoms with van der Waals surface area (Å²) in [6.07, 6.45) is 0.583. The lowest BCUT2D eigenvalue weighted by Gasteiger charge is -2.42. The molecule has 2 atom stereocenters. The molecule has 0 spiro atoms. The molecule has 1 heterocycles. The molecule has 0 aromatic heterocycles. The van der Waals surface area contributed by atoms with Gasteiger partial charge in [0.15, 0.2) is 0 Å². The molecule has 4 aromatic rings. The number of nitrogens with two attached hydrogens (primary N) is 2. The molecule has 2 unspecified atom stereocenters. The van der Waals surface area contributed by atoms with Crippen LogP contribution in [0.25, 0.3) is 11.1 Å². The summed E-state index contributed by atoms with van der Waals surface area (Å²) in [6.45, 7) is 1.79. The Morgan fingerprint density at radius 2 is 1.67 bits per heavy atom. The number of fused-ring (bicyclic) bond motifs is 1. The summed E-state index contributed by atoms with van der Waals surface area (Å²) in [7, 11) is 0. The fourth-order valence-electron chi connectivity index (χ4n) is 5.75. The summed E-state index contributed by atoms with van der Waals surface area (Å²) in [6, 6.07) is 25.0. The van der Waals surface area contributed by atoms with Crippen molar-refractivity contribution in [2.24, 2.45) is 11.5 Å². The second kappa shape index (κ2) is 11.3. The maximum atomic E-state index is 12.2. The maximum absolute atomic E-state index is 12.2. The summed E-state index contributed by atoms with van der Waals surface area (Å²) in [5, 5.41) is 33.8. The summed E-state index contributed by atoms with van der Waals surface area (Å²) in [5.41, 5.74) is 16.4. The second-order valence-electron chi connectivity index (χ2n) is 10.8. The van der Waals surface area contributed by atoms with Gasteiger partial charge in [-0.15, -0.1) is 0 Å². The number of nitrogen functional groups attached to an aromatic ring is 1. The first-order valence-electron chi connectivity index (χ1n) is 13.6. The minimum atomic E-state index is -1.23. The van der Waals surface area contributed by atoms with Gasteiger partial charge < -0.3 is 32.3 Å². The number of carbonyl (C=O) groups is 3. The number of rotatable bonds is 9. The van der Waals surface area contributed by atoms with E-state index in [-0.39, 0.29) is 29.5 Å². The van der Waals surface area contributed by atoms with Crippen molar-refractivity contribution in [1.82, 2.24) is 0 Å². The second-order valence-corrected chi connectivity index (χ2v) is 10.8. The predicted molar refractivity (Wildman–Crippen MR) is 165 cm³/mol. The molecule has 1 aliphatic rings. The van der Waals surface area contributed by atoms with Gasteiger partial charge in [0.1, 0.15) is 12.4 Å². The standard InChI is InChI=1S/C33H31N5O5/c1-33(22-5-3-2-4-6-22)16-28(38-27-10-8-18(30(34)35)15-26(27)33)21-11-20(12-23(13-21)37-17-29(39)40)24-9-7-19(31(36)41)14-25(24)32(42)43/h2-15,28,37-38H,16-17H2,1H3,(H3,34,35)(H2,36,41)(H,39,40)(H,42,43).